The molecule has 1 heterocycles. The maximum atomic E-state index is 12.0. The molecule has 0 aliphatic rings. The number of nitrogens with two attached hydrogens (primary N) is 1. The third-order valence-corrected chi connectivity index (χ3v) is 5.47. The molecule has 0 fully saturated rings. The van der Waals surface area contributed by atoms with Crippen molar-refractivity contribution in [3.05, 3.63) is 0 Å². The largest absolute Gasteiger partial charge is 0.382 e. The van der Waals surface area contributed by atoms with Gasteiger partial charge in [0.15, 0.2) is 15.7 Å². The Morgan fingerprint density at radius 3 is 2.63 bits per heavy atom. The molecule has 1 aromatic heterocycles. The van der Waals surface area contributed by atoms with Gasteiger partial charge in [-0.25, -0.2) is 8.42 Å². The van der Waals surface area contributed by atoms with Crippen LogP contribution < -0.4 is 11.1 Å². The second-order valence-electron chi connectivity index (χ2n) is 4.77. The van der Waals surface area contributed by atoms with Gasteiger partial charge in [0.25, 0.3) is 0 Å². The molecule has 1 aromatic rings. The van der Waals surface area contributed by atoms with E-state index in [-0.39, 0.29) is 22.5 Å². The lowest BCUT2D eigenvalue weighted by molar-refractivity contribution is 0.390. The van der Waals surface area contributed by atoms with Gasteiger partial charge in [-0.3, -0.25) is 0 Å². The SMILES string of the molecule is CCS(=O)(=O)c1c(N)nsc1NC(C)CCN(C)C. The molecule has 0 aliphatic carbocycles. The number of nitrogens with zero attached hydrogens (tertiary/aromatic N) is 2. The minimum absolute atomic E-state index is 0.0242. The fourth-order valence-electron chi connectivity index (χ4n) is 1.58. The number of aromatic nitrogens is 1. The zero-order valence-electron chi connectivity index (χ0n) is 11.8. The predicted octanol–water partition coefficient (Wildman–Crippen LogP) is 1.27. The second-order valence-corrected chi connectivity index (χ2v) is 7.76. The van der Waals surface area contributed by atoms with E-state index < -0.39 is 9.84 Å². The number of nitrogen functional groups attached to an aromatic ring is 1. The molecule has 3 N–H and O–H groups in total. The van der Waals surface area contributed by atoms with Crippen LogP contribution in [0.25, 0.3) is 0 Å². The van der Waals surface area contributed by atoms with Gasteiger partial charge in [-0.1, -0.05) is 6.92 Å². The molecule has 0 aromatic carbocycles. The molecule has 0 radical (unpaired) electrons. The Bertz CT molecular complexity index is 511. The van der Waals surface area contributed by atoms with Crippen LogP contribution in [0.5, 0.6) is 0 Å². The molecular formula is C11H22N4O2S2. The maximum Gasteiger partial charge on any atom is 0.184 e. The van der Waals surface area contributed by atoms with Crippen molar-refractivity contribution in [2.24, 2.45) is 0 Å². The van der Waals surface area contributed by atoms with Gasteiger partial charge in [0.05, 0.1) is 5.75 Å². The van der Waals surface area contributed by atoms with E-state index in [1.165, 1.54) is 0 Å². The highest BCUT2D eigenvalue weighted by Gasteiger charge is 2.24. The highest BCUT2D eigenvalue weighted by atomic mass is 32.2. The van der Waals surface area contributed by atoms with E-state index in [1.54, 1.807) is 6.92 Å². The van der Waals surface area contributed by atoms with Gasteiger partial charge in [-0.2, -0.15) is 4.37 Å². The normalized spacial score (nSPS) is 13.7. The number of sulfone groups is 1. The van der Waals surface area contributed by atoms with Crippen molar-refractivity contribution < 1.29 is 8.42 Å². The Hall–Kier alpha value is -0.860. The molecule has 6 nitrogen and oxygen atoms in total. The Balaban J connectivity index is 2.86. The monoisotopic (exact) mass is 306 g/mol. The van der Waals surface area contributed by atoms with Crippen LogP contribution in [0.3, 0.4) is 0 Å². The molecule has 1 atom stereocenters. The highest BCUT2D eigenvalue weighted by molar-refractivity contribution is 7.91. The first-order chi connectivity index (χ1) is 8.77. The van der Waals surface area contributed by atoms with Crippen LogP contribution in [-0.2, 0) is 9.84 Å². The summed E-state index contributed by atoms with van der Waals surface area (Å²) in [6, 6.07) is 0.160. The molecule has 1 unspecified atom stereocenters. The van der Waals surface area contributed by atoms with Crippen molar-refractivity contribution in [1.29, 1.82) is 0 Å². The Morgan fingerprint density at radius 1 is 1.47 bits per heavy atom. The van der Waals surface area contributed by atoms with E-state index in [1.807, 2.05) is 21.0 Å². The van der Waals surface area contributed by atoms with Crippen molar-refractivity contribution >= 4 is 32.2 Å². The molecule has 0 spiro atoms. The summed E-state index contributed by atoms with van der Waals surface area (Å²) in [4.78, 5) is 2.24. The van der Waals surface area contributed by atoms with Gasteiger partial charge in [-0.05, 0) is 45.5 Å². The Labute approximate surface area is 119 Å². The molecule has 8 heteroatoms. The summed E-state index contributed by atoms with van der Waals surface area (Å²) in [5.41, 5.74) is 5.67. The van der Waals surface area contributed by atoms with Crippen LogP contribution in [0.15, 0.2) is 4.90 Å². The third kappa shape index (κ3) is 4.32. The maximum absolute atomic E-state index is 12.0. The van der Waals surface area contributed by atoms with E-state index in [9.17, 15) is 8.42 Å². The summed E-state index contributed by atoms with van der Waals surface area (Å²) in [5, 5.41) is 3.74. The van der Waals surface area contributed by atoms with Crippen molar-refractivity contribution in [3.8, 4) is 0 Å². The molecule has 0 aliphatic heterocycles. The molecule has 0 saturated heterocycles. The van der Waals surface area contributed by atoms with Gasteiger partial charge in [0.1, 0.15) is 9.90 Å². The van der Waals surface area contributed by atoms with E-state index in [0.717, 1.165) is 24.5 Å². The minimum atomic E-state index is -3.34. The van der Waals surface area contributed by atoms with Gasteiger partial charge in [0.2, 0.25) is 0 Å². The first kappa shape index (κ1) is 16.2. The number of rotatable bonds is 7. The fourth-order valence-corrected chi connectivity index (χ4v) is 3.85. The van der Waals surface area contributed by atoms with Gasteiger partial charge >= 0.3 is 0 Å². The third-order valence-electron chi connectivity index (χ3n) is 2.75. The first-order valence-corrected chi connectivity index (χ1v) is 8.59. The molecule has 19 heavy (non-hydrogen) atoms. The van der Waals surface area contributed by atoms with Crippen molar-refractivity contribution in [1.82, 2.24) is 9.27 Å². The number of anilines is 2. The highest BCUT2D eigenvalue weighted by Crippen LogP contribution is 2.32. The van der Waals surface area contributed by atoms with Gasteiger partial charge in [-0.15, -0.1) is 0 Å². The minimum Gasteiger partial charge on any atom is -0.382 e. The Kier molecular flexibility index (Phi) is 5.57. The van der Waals surface area contributed by atoms with Crippen LogP contribution in [0.1, 0.15) is 20.3 Å². The summed E-state index contributed by atoms with van der Waals surface area (Å²) in [5.74, 6) is 0.116. The fraction of sp³-hybridized carbons (Fsp3) is 0.727. The molecule has 1 rings (SSSR count). The van der Waals surface area contributed by atoms with Gasteiger partial charge in [0, 0.05) is 6.04 Å². The zero-order chi connectivity index (χ0) is 14.6. The molecule has 0 amide bonds. The van der Waals surface area contributed by atoms with E-state index in [4.69, 9.17) is 5.73 Å². The van der Waals surface area contributed by atoms with Crippen molar-refractivity contribution in [3.63, 3.8) is 0 Å². The number of hydrogen-bond acceptors (Lipinski definition) is 7. The van der Waals surface area contributed by atoms with Crippen molar-refractivity contribution in [2.75, 3.05) is 37.4 Å². The topological polar surface area (TPSA) is 88.3 Å². The lowest BCUT2D eigenvalue weighted by Gasteiger charge is -2.17. The van der Waals surface area contributed by atoms with E-state index in [2.05, 4.69) is 14.6 Å². The molecular weight excluding hydrogens is 284 g/mol. The van der Waals surface area contributed by atoms with Crippen molar-refractivity contribution in [2.45, 2.75) is 31.2 Å². The quantitative estimate of drug-likeness (QED) is 0.789. The molecule has 110 valence electrons. The molecule has 0 saturated carbocycles. The lowest BCUT2D eigenvalue weighted by atomic mass is 10.2. The van der Waals surface area contributed by atoms with Gasteiger partial charge < -0.3 is 16.0 Å². The smallest absolute Gasteiger partial charge is 0.184 e. The van der Waals surface area contributed by atoms with Crippen LogP contribution in [-0.4, -0.2) is 50.1 Å². The predicted molar refractivity (Wildman–Crippen MR) is 80.5 cm³/mol. The average Bonchev–Trinajstić information content (AvgIpc) is 2.68. The standard InChI is InChI=1S/C11H22N4O2S2/c1-5-19(16,17)9-10(12)14-18-11(9)13-8(2)6-7-15(3)4/h8,13H,5-7H2,1-4H3,(H2,12,14). The molecule has 0 bridgehead atoms. The summed E-state index contributed by atoms with van der Waals surface area (Å²) in [6.07, 6.45) is 0.913. The second kappa shape index (κ2) is 6.53. The summed E-state index contributed by atoms with van der Waals surface area (Å²) < 4.78 is 27.9. The van der Waals surface area contributed by atoms with Crippen LogP contribution in [0.2, 0.25) is 0 Å². The zero-order valence-corrected chi connectivity index (χ0v) is 13.4. The van der Waals surface area contributed by atoms with Crippen LogP contribution in [0, 0.1) is 0 Å². The lowest BCUT2D eigenvalue weighted by Crippen LogP contribution is -2.23. The summed E-state index contributed by atoms with van der Waals surface area (Å²) in [6.45, 7) is 4.55. The van der Waals surface area contributed by atoms with E-state index >= 15 is 0 Å². The van der Waals surface area contributed by atoms with Crippen LogP contribution >= 0.6 is 11.5 Å². The number of hydrogen-bond donors (Lipinski definition) is 2. The summed E-state index contributed by atoms with van der Waals surface area (Å²) >= 11 is 1.10. The number of nitrogens with one attached hydrogen (secondary N) is 1. The first-order valence-electron chi connectivity index (χ1n) is 6.17. The van der Waals surface area contributed by atoms with E-state index in [0.29, 0.717) is 5.00 Å². The average molecular weight is 306 g/mol. The summed E-state index contributed by atoms with van der Waals surface area (Å²) in [7, 11) is 0.666. The van der Waals surface area contributed by atoms with Crippen LogP contribution in [0.4, 0.5) is 10.8 Å². The Morgan fingerprint density at radius 2 is 2.11 bits per heavy atom.